The second kappa shape index (κ2) is 6.74. The van der Waals surface area contributed by atoms with E-state index in [1.165, 1.54) is 0 Å². The molecule has 0 fully saturated rings. The highest BCUT2D eigenvalue weighted by Gasteiger charge is 2.18. The Labute approximate surface area is 103 Å². The van der Waals surface area contributed by atoms with Gasteiger partial charge in [0.1, 0.15) is 0 Å². The van der Waals surface area contributed by atoms with E-state index in [9.17, 15) is 13.5 Å². The lowest BCUT2D eigenvalue weighted by Gasteiger charge is -2.11. The third-order valence-electron chi connectivity index (χ3n) is 2.32. The average Bonchev–Trinajstić information content (AvgIpc) is 2.30. The normalized spacial score (nSPS) is 13.5. The zero-order chi connectivity index (χ0) is 12.7. The molecule has 0 saturated heterocycles. The summed E-state index contributed by atoms with van der Waals surface area (Å²) in [5, 5.41) is 12.6. The Bertz CT molecular complexity index is 417. The molecular weight excluding hydrogens is 238 g/mol. The Morgan fingerprint density at radius 2 is 1.94 bits per heavy atom. The highest BCUT2D eigenvalue weighted by Crippen LogP contribution is 2.10. The number of nitrogens with one attached hydrogen (secondary N) is 1. The number of aliphatic hydroxyl groups excluding tert-OH is 1. The molecule has 0 aliphatic rings. The summed E-state index contributed by atoms with van der Waals surface area (Å²) >= 11 is 0. The molecule has 1 aromatic carbocycles. The summed E-state index contributed by atoms with van der Waals surface area (Å²) in [5.74, 6) is -0.242. The summed E-state index contributed by atoms with van der Waals surface area (Å²) in [6, 6.07) is 8.20. The zero-order valence-corrected chi connectivity index (χ0v) is 10.8. The molecule has 2 N–H and O–H groups in total. The minimum Gasteiger partial charge on any atom is -0.391 e. The van der Waals surface area contributed by atoms with Gasteiger partial charge in [-0.3, -0.25) is 0 Å². The van der Waals surface area contributed by atoms with Gasteiger partial charge in [0.25, 0.3) is 0 Å². The summed E-state index contributed by atoms with van der Waals surface area (Å²) < 4.78 is 23.8. The Balaban J connectivity index is 2.55. The van der Waals surface area contributed by atoms with Crippen molar-refractivity contribution in [3.8, 4) is 0 Å². The first-order valence-electron chi connectivity index (χ1n) is 5.73. The van der Waals surface area contributed by atoms with Crippen molar-refractivity contribution in [3.05, 3.63) is 30.3 Å². The van der Waals surface area contributed by atoms with Crippen LogP contribution in [0.1, 0.15) is 13.3 Å². The van der Waals surface area contributed by atoms with Crippen LogP contribution in [-0.4, -0.2) is 38.5 Å². The fourth-order valence-electron chi connectivity index (χ4n) is 1.48. The molecule has 0 aromatic heterocycles. The van der Waals surface area contributed by atoms with Crippen LogP contribution < -0.4 is 5.32 Å². The Kier molecular flexibility index (Phi) is 5.61. The lowest BCUT2D eigenvalue weighted by Crippen LogP contribution is -2.32. The quantitative estimate of drug-likeness (QED) is 0.710. The van der Waals surface area contributed by atoms with Gasteiger partial charge in [0, 0.05) is 6.54 Å². The van der Waals surface area contributed by atoms with Crippen molar-refractivity contribution in [1.82, 2.24) is 5.32 Å². The minimum atomic E-state index is -3.39. The molecule has 96 valence electrons. The van der Waals surface area contributed by atoms with Crippen LogP contribution in [0.3, 0.4) is 0 Å². The van der Waals surface area contributed by atoms with E-state index < -0.39 is 15.9 Å². The van der Waals surface area contributed by atoms with Gasteiger partial charge in [-0.05, 0) is 25.1 Å². The average molecular weight is 257 g/mol. The van der Waals surface area contributed by atoms with Gasteiger partial charge in [-0.15, -0.1) is 0 Å². The fourth-order valence-corrected chi connectivity index (χ4v) is 2.87. The molecule has 1 unspecified atom stereocenters. The van der Waals surface area contributed by atoms with E-state index >= 15 is 0 Å². The molecule has 1 rings (SSSR count). The first-order chi connectivity index (χ1) is 8.06. The first kappa shape index (κ1) is 14.2. The van der Waals surface area contributed by atoms with E-state index in [2.05, 4.69) is 5.32 Å². The van der Waals surface area contributed by atoms with E-state index in [4.69, 9.17) is 0 Å². The molecule has 0 amide bonds. The molecule has 0 aliphatic carbocycles. The van der Waals surface area contributed by atoms with Crippen molar-refractivity contribution in [2.45, 2.75) is 24.3 Å². The zero-order valence-electron chi connectivity index (χ0n) is 9.96. The van der Waals surface area contributed by atoms with Crippen LogP contribution in [-0.2, 0) is 9.84 Å². The summed E-state index contributed by atoms with van der Waals surface area (Å²) in [6.45, 7) is 3.10. The molecule has 0 aliphatic heterocycles. The lowest BCUT2D eigenvalue weighted by molar-refractivity contribution is 0.194. The highest BCUT2D eigenvalue weighted by molar-refractivity contribution is 7.91. The van der Waals surface area contributed by atoms with Crippen LogP contribution >= 0.6 is 0 Å². The van der Waals surface area contributed by atoms with Gasteiger partial charge in [-0.1, -0.05) is 25.1 Å². The van der Waals surface area contributed by atoms with E-state index in [0.29, 0.717) is 6.54 Å². The van der Waals surface area contributed by atoms with Gasteiger partial charge < -0.3 is 10.4 Å². The smallest absolute Gasteiger partial charge is 0.180 e. The lowest BCUT2D eigenvalue weighted by atomic mass is 10.4. The maximum Gasteiger partial charge on any atom is 0.180 e. The van der Waals surface area contributed by atoms with Gasteiger partial charge in [-0.25, -0.2) is 8.42 Å². The van der Waals surface area contributed by atoms with Gasteiger partial charge in [-0.2, -0.15) is 0 Å². The SMILES string of the molecule is CCCNCC(O)CS(=O)(=O)c1ccccc1. The van der Waals surface area contributed by atoms with Crippen molar-refractivity contribution in [3.63, 3.8) is 0 Å². The predicted molar refractivity (Wildman–Crippen MR) is 67.7 cm³/mol. The van der Waals surface area contributed by atoms with Crippen molar-refractivity contribution in [2.75, 3.05) is 18.8 Å². The third-order valence-corrected chi connectivity index (χ3v) is 4.13. The molecule has 0 heterocycles. The van der Waals surface area contributed by atoms with E-state index in [0.717, 1.165) is 13.0 Å². The highest BCUT2D eigenvalue weighted by atomic mass is 32.2. The van der Waals surface area contributed by atoms with Crippen molar-refractivity contribution in [1.29, 1.82) is 0 Å². The van der Waals surface area contributed by atoms with Crippen molar-refractivity contribution < 1.29 is 13.5 Å². The fraction of sp³-hybridized carbons (Fsp3) is 0.500. The Morgan fingerprint density at radius 1 is 1.29 bits per heavy atom. The van der Waals surface area contributed by atoms with Crippen LogP contribution in [0.5, 0.6) is 0 Å². The van der Waals surface area contributed by atoms with Crippen molar-refractivity contribution in [2.24, 2.45) is 0 Å². The summed E-state index contributed by atoms with van der Waals surface area (Å²) in [4.78, 5) is 0.259. The van der Waals surface area contributed by atoms with E-state index in [-0.39, 0.29) is 10.6 Å². The second-order valence-electron chi connectivity index (χ2n) is 3.95. The summed E-state index contributed by atoms with van der Waals surface area (Å²) in [5.41, 5.74) is 0. The molecule has 0 radical (unpaired) electrons. The molecule has 0 bridgehead atoms. The molecule has 0 spiro atoms. The largest absolute Gasteiger partial charge is 0.391 e. The Hall–Kier alpha value is -0.910. The maximum atomic E-state index is 11.9. The third kappa shape index (κ3) is 4.85. The molecule has 17 heavy (non-hydrogen) atoms. The molecule has 0 saturated carbocycles. The number of hydrogen-bond acceptors (Lipinski definition) is 4. The van der Waals surface area contributed by atoms with E-state index in [1.807, 2.05) is 6.92 Å². The van der Waals surface area contributed by atoms with Gasteiger partial charge >= 0.3 is 0 Å². The van der Waals surface area contributed by atoms with E-state index in [1.54, 1.807) is 30.3 Å². The number of rotatable bonds is 7. The number of benzene rings is 1. The standard InChI is InChI=1S/C12H19NO3S/c1-2-8-13-9-11(14)10-17(15,16)12-6-4-3-5-7-12/h3-7,11,13-14H,2,8-10H2,1H3. The van der Waals surface area contributed by atoms with Crippen LogP contribution in [0.15, 0.2) is 35.2 Å². The monoisotopic (exact) mass is 257 g/mol. The van der Waals surface area contributed by atoms with Gasteiger partial charge in [0.05, 0.1) is 16.8 Å². The number of hydrogen-bond donors (Lipinski definition) is 2. The van der Waals surface area contributed by atoms with Crippen LogP contribution in [0.4, 0.5) is 0 Å². The molecule has 1 aromatic rings. The first-order valence-corrected chi connectivity index (χ1v) is 7.38. The van der Waals surface area contributed by atoms with Crippen molar-refractivity contribution >= 4 is 9.84 Å². The number of aliphatic hydroxyl groups is 1. The summed E-state index contributed by atoms with van der Waals surface area (Å²) in [7, 11) is -3.39. The van der Waals surface area contributed by atoms with Crippen LogP contribution in [0.2, 0.25) is 0 Å². The van der Waals surface area contributed by atoms with Crippen LogP contribution in [0, 0.1) is 0 Å². The maximum absolute atomic E-state index is 11.9. The predicted octanol–water partition coefficient (Wildman–Crippen LogP) is 0.821. The Morgan fingerprint density at radius 3 is 2.53 bits per heavy atom. The topological polar surface area (TPSA) is 66.4 Å². The number of sulfone groups is 1. The molecule has 4 nitrogen and oxygen atoms in total. The molecule has 5 heteroatoms. The molecule has 1 atom stereocenters. The second-order valence-corrected chi connectivity index (χ2v) is 5.99. The minimum absolute atomic E-state index is 0.242. The van der Waals surface area contributed by atoms with Crippen LogP contribution in [0.25, 0.3) is 0 Å². The summed E-state index contributed by atoms with van der Waals surface area (Å²) in [6.07, 6.45) is 0.0878. The van der Waals surface area contributed by atoms with Gasteiger partial charge in [0.2, 0.25) is 0 Å². The van der Waals surface area contributed by atoms with Gasteiger partial charge in [0.15, 0.2) is 9.84 Å². The molecular formula is C12H19NO3S.